The molecule has 0 radical (unpaired) electrons. The molecule has 1 aliphatic heterocycles. The van der Waals surface area contributed by atoms with Crippen LogP contribution in [0, 0.1) is 17.1 Å². The Morgan fingerprint density at radius 2 is 2.00 bits per heavy atom. The molecule has 0 saturated carbocycles. The Balaban J connectivity index is 1.60. The fourth-order valence-corrected chi connectivity index (χ4v) is 3.85. The van der Waals surface area contributed by atoms with Gasteiger partial charge in [0.25, 0.3) is 5.91 Å². The van der Waals surface area contributed by atoms with E-state index in [1.54, 1.807) is 30.3 Å². The van der Waals surface area contributed by atoms with Crippen LogP contribution in [0.2, 0.25) is 0 Å². The van der Waals surface area contributed by atoms with Crippen molar-refractivity contribution >= 4 is 17.5 Å². The molecule has 8 nitrogen and oxygen atoms in total. The quantitative estimate of drug-likeness (QED) is 0.599. The third-order valence-electron chi connectivity index (χ3n) is 5.46. The molecular formula is C23H20F2N6O2. The van der Waals surface area contributed by atoms with E-state index < -0.39 is 24.4 Å². The van der Waals surface area contributed by atoms with Crippen molar-refractivity contribution in [2.45, 2.75) is 12.6 Å². The van der Waals surface area contributed by atoms with Gasteiger partial charge in [0.15, 0.2) is 0 Å². The second-order valence-electron chi connectivity index (χ2n) is 7.61. The van der Waals surface area contributed by atoms with E-state index >= 15 is 0 Å². The van der Waals surface area contributed by atoms with Gasteiger partial charge in [0.1, 0.15) is 18.2 Å². The van der Waals surface area contributed by atoms with Crippen LogP contribution in [0.15, 0.2) is 48.5 Å². The van der Waals surface area contributed by atoms with Crippen molar-refractivity contribution in [2.75, 3.05) is 25.1 Å². The number of nitrogens with one attached hydrogen (secondary N) is 1. The lowest BCUT2D eigenvalue weighted by Crippen LogP contribution is -2.44. The second kappa shape index (κ2) is 9.08. The number of carbonyl (C=O) groups is 2. The lowest BCUT2D eigenvalue weighted by Gasteiger charge is -2.33. The summed E-state index contributed by atoms with van der Waals surface area (Å²) in [5, 5.41) is 16.2. The molecule has 3 aromatic rings. The Kier molecular flexibility index (Phi) is 6.04. The van der Waals surface area contributed by atoms with Crippen molar-refractivity contribution in [2.24, 2.45) is 5.73 Å². The van der Waals surface area contributed by atoms with Gasteiger partial charge in [-0.05, 0) is 36.4 Å². The third-order valence-corrected chi connectivity index (χ3v) is 5.46. The second-order valence-corrected chi connectivity index (χ2v) is 7.61. The highest BCUT2D eigenvalue weighted by Crippen LogP contribution is 2.32. The highest BCUT2D eigenvalue weighted by atomic mass is 19.1. The van der Waals surface area contributed by atoms with Crippen LogP contribution in [0.4, 0.5) is 14.5 Å². The predicted molar refractivity (Wildman–Crippen MR) is 116 cm³/mol. The Hall–Kier alpha value is -4.26. The van der Waals surface area contributed by atoms with E-state index in [-0.39, 0.29) is 36.8 Å². The van der Waals surface area contributed by atoms with Crippen LogP contribution in [0.3, 0.4) is 0 Å². The first-order chi connectivity index (χ1) is 15.9. The van der Waals surface area contributed by atoms with Gasteiger partial charge < -0.3 is 16.0 Å². The van der Waals surface area contributed by atoms with Gasteiger partial charge in [0.2, 0.25) is 5.91 Å². The van der Waals surface area contributed by atoms with E-state index in [0.29, 0.717) is 22.5 Å². The molecule has 2 amide bonds. The Bertz CT molecular complexity index is 1250. The fraction of sp³-hybridized carbons (Fsp3) is 0.217. The summed E-state index contributed by atoms with van der Waals surface area (Å²) in [5.74, 6) is -1.62. The van der Waals surface area contributed by atoms with Gasteiger partial charge in [-0.1, -0.05) is 12.1 Å². The number of carbonyl (C=O) groups excluding carboxylic acids is 2. The molecule has 168 valence electrons. The molecule has 0 fully saturated rings. The number of benzene rings is 2. The van der Waals surface area contributed by atoms with Crippen molar-refractivity contribution in [1.29, 1.82) is 5.26 Å². The zero-order valence-electron chi connectivity index (χ0n) is 17.5. The maximum Gasteiger partial charge on any atom is 0.252 e. The van der Waals surface area contributed by atoms with Crippen LogP contribution < -0.4 is 11.1 Å². The van der Waals surface area contributed by atoms with E-state index in [2.05, 4.69) is 10.4 Å². The predicted octanol–water partition coefficient (Wildman–Crippen LogP) is 2.62. The minimum absolute atomic E-state index is 0.00493. The van der Waals surface area contributed by atoms with Crippen LogP contribution in [-0.4, -0.2) is 46.3 Å². The molecule has 33 heavy (non-hydrogen) atoms. The number of halogens is 2. The highest BCUT2D eigenvalue weighted by Gasteiger charge is 2.34. The van der Waals surface area contributed by atoms with Gasteiger partial charge in [-0.3, -0.25) is 14.3 Å². The van der Waals surface area contributed by atoms with E-state index in [9.17, 15) is 18.4 Å². The Morgan fingerprint density at radius 1 is 1.24 bits per heavy atom. The number of nitriles is 1. The molecular weight excluding hydrogens is 430 g/mol. The molecule has 1 atom stereocenters. The van der Waals surface area contributed by atoms with Crippen LogP contribution in [-0.2, 0) is 11.3 Å². The largest absolute Gasteiger partial charge is 0.376 e. The summed E-state index contributed by atoms with van der Waals surface area (Å²) in [6.45, 7) is -0.825. The molecule has 2 aromatic carbocycles. The molecule has 3 N–H and O–H groups in total. The number of alkyl halides is 1. The summed E-state index contributed by atoms with van der Waals surface area (Å²) in [4.78, 5) is 26.6. The topological polar surface area (TPSA) is 117 Å². The number of nitrogens with two attached hydrogens (primary N) is 1. The average molecular weight is 450 g/mol. The smallest absolute Gasteiger partial charge is 0.252 e. The molecule has 0 saturated heterocycles. The maximum absolute atomic E-state index is 13.9. The van der Waals surface area contributed by atoms with E-state index in [1.165, 1.54) is 27.8 Å². The summed E-state index contributed by atoms with van der Waals surface area (Å²) in [6.07, 6.45) is 0. The molecule has 10 heteroatoms. The van der Waals surface area contributed by atoms with Gasteiger partial charge in [-0.15, -0.1) is 0 Å². The normalized spacial score (nSPS) is 14.9. The lowest BCUT2D eigenvalue weighted by molar-refractivity contribution is -0.131. The van der Waals surface area contributed by atoms with E-state index in [1.807, 2.05) is 6.07 Å². The van der Waals surface area contributed by atoms with Gasteiger partial charge in [-0.25, -0.2) is 8.78 Å². The standard InChI is InChI=1S/C23H20F2N6O2/c24-9-18-12-30(20(32)11-28-17-6-4-14(10-26)5-7-17)13-19-21(23(27)33)22(29-31(18)19)15-2-1-3-16(25)8-15/h1-8,18,28H,9,11-13H2,(H2,27,33). The molecule has 0 spiro atoms. The van der Waals surface area contributed by atoms with Crippen molar-refractivity contribution in [1.82, 2.24) is 14.7 Å². The van der Waals surface area contributed by atoms with Crippen molar-refractivity contribution < 1.29 is 18.4 Å². The summed E-state index contributed by atoms with van der Waals surface area (Å²) in [5.41, 5.74) is 7.59. The van der Waals surface area contributed by atoms with Crippen LogP contribution >= 0.6 is 0 Å². The van der Waals surface area contributed by atoms with Crippen molar-refractivity contribution in [3.8, 4) is 17.3 Å². The number of rotatable bonds is 6. The maximum atomic E-state index is 13.9. The highest BCUT2D eigenvalue weighted by molar-refractivity contribution is 6.00. The number of aromatic nitrogens is 2. The zero-order chi connectivity index (χ0) is 23.5. The van der Waals surface area contributed by atoms with Crippen LogP contribution in [0.25, 0.3) is 11.3 Å². The molecule has 1 aliphatic rings. The summed E-state index contributed by atoms with van der Waals surface area (Å²) < 4.78 is 29.0. The summed E-state index contributed by atoms with van der Waals surface area (Å²) >= 11 is 0. The van der Waals surface area contributed by atoms with Crippen LogP contribution in [0.1, 0.15) is 27.7 Å². The molecule has 0 aliphatic carbocycles. The number of nitrogens with zero attached hydrogens (tertiary/aromatic N) is 4. The molecule has 0 bridgehead atoms. The Morgan fingerprint density at radius 3 is 2.64 bits per heavy atom. The number of hydrogen-bond acceptors (Lipinski definition) is 5. The first kappa shape index (κ1) is 22.0. The fourth-order valence-electron chi connectivity index (χ4n) is 3.85. The van der Waals surface area contributed by atoms with Crippen LogP contribution in [0.5, 0.6) is 0 Å². The zero-order valence-corrected chi connectivity index (χ0v) is 17.5. The monoisotopic (exact) mass is 450 g/mol. The summed E-state index contributed by atoms with van der Waals surface area (Å²) in [7, 11) is 0. The molecule has 4 rings (SSSR count). The van der Waals surface area contributed by atoms with Gasteiger partial charge in [0.05, 0.1) is 42.0 Å². The third kappa shape index (κ3) is 4.39. The van der Waals surface area contributed by atoms with E-state index in [0.717, 1.165) is 0 Å². The molecule has 2 heterocycles. The number of anilines is 1. The average Bonchev–Trinajstić information content (AvgIpc) is 3.22. The number of primary amides is 1. The van der Waals surface area contributed by atoms with E-state index in [4.69, 9.17) is 11.0 Å². The van der Waals surface area contributed by atoms with Gasteiger partial charge in [-0.2, -0.15) is 10.4 Å². The summed E-state index contributed by atoms with van der Waals surface area (Å²) in [6, 6.07) is 13.3. The number of amides is 2. The number of hydrogen-bond donors (Lipinski definition) is 2. The number of fused-ring (bicyclic) bond motifs is 1. The molecule has 1 aromatic heterocycles. The van der Waals surface area contributed by atoms with Gasteiger partial charge >= 0.3 is 0 Å². The SMILES string of the molecule is N#Cc1ccc(NCC(=O)N2Cc3c(C(N)=O)c(-c4cccc(F)c4)nn3C(CF)C2)cc1. The van der Waals surface area contributed by atoms with Crippen molar-refractivity contribution in [3.63, 3.8) is 0 Å². The van der Waals surface area contributed by atoms with Gasteiger partial charge in [0, 0.05) is 17.8 Å². The lowest BCUT2D eigenvalue weighted by atomic mass is 10.0. The first-order valence-electron chi connectivity index (χ1n) is 10.2. The first-order valence-corrected chi connectivity index (χ1v) is 10.2. The minimum Gasteiger partial charge on any atom is -0.376 e. The minimum atomic E-state index is -0.817. The molecule has 1 unspecified atom stereocenters. The van der Waals surface area contributed by atoms with Crippen molar-refractivity contribution in [3.05, 3.63) is 71.2 Å². The Labute approximate surface area is 188 Å².